The van der Waals surface area contributed by atoms with E-state index in [9.17, 15) is 14.7 Å². The summed E-state index contributed by atoms with van der Waals surface area (Å²) in [6.45, 7) is 4.59. The van der Waals surface area contributed by atoms with Gasteiger partial charge in [-0.2, -0.15) is 0 Å². The zero-order chi connectivity index (χ0) is 15.2. The van der Waals surface area contributed by atoms with Crippen LogP contribution in [-0.2, 0) is 9.53 Å². The molecule has 0 aliphatic carbocycles. The zero-order valence-corrected chi connectivity index (χ0v) is 12.6. The molecule has 0 radical (unpaired) electrons. The number of carbonyl (C=O) groups is 2. The molecule has 2 N–H and O–H groups in total. The van der Waals surface area contributed by atoms with E-state index in [4.69, 9.17) is 4.74 Å². The Morgan fingerprint density at radius 2 is 2.15 bits per heavy atom. The van der Waals surface area contributed by atoms with Crippen LogP contribution in [0.2, 0.25) is 0 Å². The summed E-state index contributed by atoms with van der Waals surface area (Å²) >= 11 is 0. The molecule has 2 atom stereocenters. The number of carboxylic acids is 1. The monoisotopic (exact) mass is 286 g/mol. The van der Waals surface area contributed by atoms with Gasteiger partial charge in [0.25, 0.3) is 0 Å². The summed E-state index contributed by atoms with van der Waals surface area (Å²) in [5.41, 5.74) is -1.10. The second kappa shape index (κ2) is 7.47. The lowest BCUT2D eigenvalue weighted by molar-refractivity contribution is -0.150. The number of nitrogens with one attached hydrogen (secondary N) is 1. The van der Waals surface area contributed by atoms with Crippen molar-refractivity contribution in [3.63, 3.8) is 0 Å². The van der Waals surface area contributed by atoms with Gasteiger partial charge in [0, 0.05) is 13.7 Å². The summed E-state index contributed by atoms with van der Waals surface area (Å²) < 4.78 is 5.09. The molecule has 116 valence electrons. The Bertz CT molecular complexity index is 342. The van der Waals surface area contributed by atoms with Gasteiger partial charge in [-0.1, -0.05) is 13.3 Å². The molecule has 0 bridgehead atoms. The standard InChI is InChI=1S/C14H26N2O4/c1-4-7-11(10-20-3)15-13(19)16-9-6-5-8-14(16,2)12(17)18/h11H,4-10H2,1-3H3,(H,15,19)(H,17,18). The Labute approximate surface area is 120 Å². The average Bonchev–Trinajstić information content (AvgIpc) is 2.39. The third-order valence-electron chi connectivity index (χ3n) is 3.93. The van der Waals surface area contributed by atoms with Crippen molar-refractivity contribution in [1.82, 2.24) is 10.2 Å². The lowest BCUT2D eigenvalue weighted by atomic mass is 9.89. The molecule has 1 aliphatic rings. The van der Waals surface area contributed by atoms with Crippen molar-refractivity contribution in [2.45, 2.75) is 57.5 Å². The fourth-order valence-corrected chi connectivity index (χ4v) is 2.67. The number of likely N-dealkylation sites (tertiary alicyclic amines) is 1. The molecule has 0 aromatic heterocycles. The van der Waals surface area contributed by atoms with Gasteiger partial charge >= 0.3 is 12.0 Å². The summed E-state index contributed by atoms with van der Waals surface area (Å²) in [7, 11) is 1.59. The van der Waals surface area contributed by atoms with Gasteiger partial charge < -0.3 is 20.1 Å². The van der Waals surface area contributed by atoms with Gasteiger partial charge in [-0.3, -0.25) is 0 Å². The number of aliphatic carboxylic acids is 1. The van der Waals surface area contributed by atoms with Crippen molar-refractivity contribution >= 4 is 12.0 Å². The van der Waals surface area contributed by atoms with Crippen LogP contribution in [0.1, 0.15) is 46.0 Å². The number of amides is 2. The van der Waals surface area contributed by atoms with Gasteiger partial charge in [-0.05, 0) is 32.6 Å². The highest BCUT2D eigenvalue weighted by Gasteiger charge is 2.44. The Balaban J connectivity index is 2.74. The largest absolute Gasteiger partial charge is 0.480 e. The number of hydrogen-bond donors (Lipinski definition) is 2. The number of ether oxygens (including phenoxy) is 1. The third-order valence-corrected chi connectivity index (χ3v) is 3.93. The van der Waals surface area contributed by atoms with E-state index in [0.29, 0.717) is 19.6 Å². The predicted octanol–water partition coefficient (Wildman–Crippen LogP) is 1.84. The molecule has 1 aliphatic heterocycles. The number of rotatable bonds is 6. The Kier molecular flexibility index (Phi) is 6.26. The van der Waals surface area contributed by atoms with E-state index in [1.807, 2.05) is 6.92 Å². The van der Waals surface area contributed by atoms with Crippen LogP contribution in [0.15, 0.2) is 0 Å². The fourth-order valence-electron chi connectivity index (χ4n) is 2.67. The number of nitrogens with zero attached hydrogens (tertiary/aromatic N) is 1. The van der Waals surface area contributed by atoms with E-state index >= 15 is 0 Å². The SMILES string of the molecule is CCCC(COC)NC(=O)N1CCCCC1(C)C(=O)O. The van der Waals surface area contributed by atoms with Crippen LogP contribution in [0, 0.1) is 0 Å². The number of urea groups is 1. The van der Waals surface area contributed by atoms with E-state index in [1.165, 1.54) is 4.90 Å². The zero-order valence-electron chi connectivity index (χ0n) is 12.6. The minimum atomic E-state index is -1.10. The van der Waals surface area contributed by atoms with Gasteiger partial charge in [0.1, 0.15) is 5.54 Å². The molecular formula is C14H26N2O4. The van der Waals surface area contributed by atoms with Crippen LogP contribution >= 0.6 is 0 Å². The molecular weight excluding hydrogens is 260 g/mol. The van der Waals surface area contributed by atoms with Crippen molar-refractivity contribution in [3.8, 4) is 0 Å². The molecule has 6 heteroatoms. The maximum atomic E-state index is 12.4. The van der Waals surface area contributed by atoms with E-state index in [1.54, 1.807) is 14.0 Å². The van der Waals surface area contributed by atoms with Crippen LogP contribution in [0.3, 0.4) is 0 Å². The first kappa shape index (κ1) is 16.8. The molecule has 1 saturated heterocycles. The lowest BCUT2D eigenvalue weighted by Crippen LogP contribution is -2.61. The van der Waals surface area contributed by atoms with Crippen LogP contribution in [0.25, 0.3) is 0 Å². The topological polar surface area (TPSA) is 78.9 Å². The predicted molar refractivity (Wildman–Crippen MR) is 75.7 cm³/mol. The second-order valence-corrected chi connectivity index (χ2v) is 5.58. The quantitative estimate of drug-likeness (QED) is 0.781. The fraction of sp³-hybridized carbons (Fsp3) is 0.857. The van der Waals surface area contributed by atoms with Crippen molar-refractivity contribution in [2.24, 2.45) is 0 Å². The number of methoxy groups -OCH3 is 1. The van der Waals surface area contributed by atoms with Crippen molar-refractivity contribution < 1.29 is 19.4 Å². The number of piperidine rings is 1. The molecule has 0 aromatic carbocycles. The summed E-state index contributed by atoms with van der Waals surface area (Å²) in [5, 5.41) is 12.3. The van der Waals surface area contributed by atoms with Gasteiger partial charge in [-0.25, -0.2) is 9.59 Å². The molecule has 0 saturated carbocycles. The second-order valence-electron chi connectivity index (χ2n) is 5.58. The molecule has 2 amide bonds. The van der Waals surface area contributed by atoms with Gasteiger partial charge in [0.15, 0.2) is 0 Å². The first-order valence-electron chi connectivity index (χ1n) is 7.26. The van der Waals surface area contributed by atoms with Gasteiger partial charge in [-0.15, -0.1) is 0 Å². The molecule has 6 nitrogen and oxygen atoms in total. The van der Waals surface area contributed by atoms with Crippen molar-refractivity contribution in [2.75, 3.05) is 20.3 Å². The van der Waals surface area contributed by atoms with Crippen molar-refractivity contribution in [1.29, 1.82) is 0 Å². The number of carboxylic acid groups (broad SMARTS) is 1. The summed E-state index contributed by atoms with van der Waals surface area (Å²) in [5.74, 6) is -0.939. The molecule has 0 spiro atoms. The normalized spacial score (nSPS) is 24.2. The van der Waals surface area contributed by atoms with E-state index in [0.717, 1.165) is 25.7 Å². The van der Waals surface area contributed by atoms with Gasteiger partial charge in [0.05, 0.1) is 12.6 Å². The highest BCUT2D eigenvalue weighted by molar-refractivity contribution is 5.86. The van der Waals surface area contributed by atoms with Gasteiger partial charge in [0.2, 0.25) is 0 Å². The van der Waals surface area contributed by atoms with E-state index < -0.39 is 11.5 Å². The van der Waals surface area contributed by atoms with E-state index in [2.05, 4.69) is 5.32 Å². The Morgan fingerprint density at radius 3 is 2.70 bits per heavy atom. The van der Waals surface area contributed by atoms with Crippen LogP contribution in [0.5, 0.6) is 0 Å². The summed E-state index contributed by atoms with van der Waals surface area (Å²) in [4.78, 5) is 25.3. The molecule has 1 fully saturated rings. The number of hydrogen-bond acceptors (Lipinski definition) is 3. The van der Waals surface area contributed by atoms with Crippen LogP contribution in [-0.4, -0.2) is 53.8 Å². The summed E-state index contributed by atoms with van der Waals surface area (Å²) in [6.07, 6.45) is 3.93. The highest BCUT2D eigenvalue weighted by atomic mass is 16.5. The average molecular weight is 286 g/mol. The van der Waals surface area contributed by atoms with Crippen LogP contribution in [0.4, 0.5) is 4.79 Å². The lowest BCUT2D eigenvalue weighted by Gasteiger charge is -2.42. The molecule has 2 unspecified atom stereocenters. The Morgan fingerprint density at radius 1 is 1.45 bits per heavy atom. The number of carbonyl (C=O) groups excluding carboxylic acids is 1. The highest BCUT2D eigenvalue weighted by Crippen LogP contribution is 2.28. The first-order valence-corrected chi connectivity index (χ1v) is 7.26. The minimum absolute atomic E-state index is 0.0718. The first-order chi connectivity index (χ1) is 9.45. The smallest absolute Gasteiger partial charge is 0.329 e. The van der Waals surface area contributed by atoms with Crippen LogP contribution < -0.4 is 5.32 Å². The maximum Gasteiger partial charge on any atom is 0.329 e. The molecule has 1 heterocycles. The maximum absolute atomic E-state index is 12.4. The van der Waals surface area contributed by atoms with Crippen molar-refractivity contribution in [3.05, 3.63) is 0 Å². The summed E-state index contributed by atoms with van der Waals surface area (Å²) in [6, 6.07) is -0.373. The molecule has 20 heavy (non-hydrogen) atoms. The third kappa shape index (κ3) is 3.85. The molecule has 1 rings (SSSR count). The minimum Gasteiger partial charge on any atom is -0.480 e. The van der Waals surface area contributed by atoms with E-state index in [-0.39, 0.29) is 12.1 Å². The Hall–Kier alpha value is -1.30. The molecule has 0 aromatic rings.